The molecule has 25 heavy (non-hydrogen) atoms. The standard InChI is InChI=1S/C8F12I2O3/c9-1(3(11)24-7(17,18)5(13,14)21)23-2(10)4(12)25-8(19,20)6(15,16)22. The zero-order chi connectivity index (χ0) is 20.4. The van der Waals surface area contributed by atoms with Crippen LogP contribution in [0.5, 0.6) is 0 Å². The van der Waals surface area contributed by atoms with Crippen molar-refractivity contribution in [3.05, 3.63) is 24.1 Å². The van der Waals surface area contributed by atoms with Gasteiger partial charge in [0.2, 0.25) is 0 Å². The molecule has 0 saturated carbocycles. The molecule has 0 aromatic rings. The van der Waals surface area contributed by atoms with Gasteiger partial charge in [-0.15, -0.1) is 0 Å². The Balaban J connectivity index is 5.29. The topological polar surface area (TPSA) is 27.7 Å². The zero-order valence-corrected chi connectivity index (χ0v) is 14.8. The van der Waals surface area contributed by atoms with Crippen molar-refractivity contribution in [2.45, 2.75) is 20.1 Å². The molecule has 0 aliphatic carbocycles. The lowest BCUT2D eigenvalue weighted by Gasteiger charge is -2.21. The van der Waals surface area contributed by atoms with Gasteiger partial charge in [-0.2, -0.15) is 52.7 Å². The maximum absolute atomic E-state index is 12.7. The van der Waals surface area contributed by atoms with Crippen LogP contribution in [0.4, 0.5) is 52.7 Å². The van der Waals surface area contributed by atoms with Crippen molar-refractivity contribution < 1.29 is 66.9 Å². The number of halogens is 14. The molecule has 0 heterocycles. The largest absolute Gasteiger partial charge is 0.476 e. The lowest BCUT2D eigenvalue weighted by atomic mass is 10.6. The lowest BCUT2D eigenvalue weighted by molar-refractivity contribution is -0.301. The first-order chi connectivity index (χ1) is 10.8. The van der Waals surface area contributed by atoms with Crippen LogP contribution >= 0.6 is 45.2 Å². The van der Waals surface area contributed by atoms with E-state index in [0.29, 0.717) is 0 Å². The van der Waals surface area contributed by atoms with Crippen LogP contribution in [0.15, 0.2) is 24.1 Å². The van der Waals surface area contributed by atoms with Gasteiger partial charge in [-0.25, -0.2) is 0 Å². The minimum Gasteiger partial charge on any atom is -0.396 e. The van der Waals surface area contributed by atoms with E-state index in [9.17, 15) is 52.7 Å². The van der Waals surface area contributed by atoms with Gasteiger partial charge in [-0.1, -0.05) is 0 Å². The highest BCUT2D eigenvalue weighted by atomic mass is 127. The van der Waals surface area contributed by atoms with Gasteiger partial charge >= 0.3 is 44.1 Å². The Morgan fingerprint density at radius 1 is 0.520 bits per heavy atom. The minimum absolute atomic E-state index is 0.245. The van der Waals surface area contributed by atoms with E-state index in [0.717, 1.165) is 0 Å². The van der Waals surface area contributed by atoms with Crippen LogP contribution in [-0.4, -0.2) is 20.1 Å². The molecule has 0 radical (unpaired) electrons. The number of hydrogen-bond acceptors (Lipinski definition) is 3. The Hall–Kier alpha value is -0.500. The van der Waals surface area contributed by atoms with E-state index in [1.807, 2.05) is 0 Å². The summed E-state index contributed by atoms with van der Waals surface area (Å²) in [7, 11) is 0. The molecular weight excluding hydrogens is 626 g/mol. The second-order valence-corrected chi connectivity index (χ2v) is 6.14. The number of rotatable bonds is 8. The Bertz CT molecular complexity index is 502. The minimum atomic E-state index is -5.69. The molecule has 0 unspecified atom stereocenters. The van der Waals surface area contributed by atoms with E-state index in [2.05, 4.69) is 14.2 Å². The summed E-state index contributed by atoms with van der Waals surface area (Å²) in [5, 5.41) is 0. The van der Waals surface area contributed by atoms with Gasteiger partial charge in [0.15, 0.2) is 0 Å². The quantitative estimate of drug-likeness (QED) is 0.135. The van der Waals surface area contributed by atoms with Crippen LogP contribution in [0.1, 0.15) is 0 Å². The molecule has 148 valence electrons. The number of alkyl halides is 10. The van der Waals surface area contributed by atoms with E-state index in [1.54, 1.807) is 0 Å². The van der Waals surface area contributed by atoms with Gasteiger partial charge in [0.05, 0.1) is 0 Å². The van der Waals surface area contributed by atoms with Gasteiger partial charge in [0.1, 0.15) is 0 Å². The summed E-state index contributed by atoms with van der Waals surface area (Å²) in [4.78, 5) is 0. The fourth-order valence-corrected chi connectivity index (χ4v) is 0.800. The third-order valence-electron chi connectivity index (χ3n) is 1.58. The molecule has 0 aliphatic rings. The molecular formula is C8F12I2O3. The normalized spacial score (nSPS) is 16.1. The van der Waals surface area contributed by atoms with Crippen molar-refractivity contribution in [2.75, 3.05) is 0 Å². The highest BCUT2D eigenvalue weighted by molar-refractivity contribution is 14.1. The van der Waals surface area contributed by atoms with Gasteiger partial charge in [-0.05, 0) is 0 Å². The third-order valence-corrected chi connectivity index (χ3v) is 2.84. The highest BCUT2D eigenvalue weighted by Gasteiger charge is 2.59. The molecule has 0 amide bonds. The Morgan fingerprint density at radius 3 is 0.960 bits per heavy atom. The molecule has 0 aromatic heterocycles. The summed E-state index contributed by atoms with van der Waals surface area (Å²) in [6.45, 7) is 0. The van der Waals surface area contributed by atoms with Crippen molar-refractivity contribution in [3.8, 4) is 0 Å². The molecule has 0 spiro atoms. The average molecular weight is 626 g/mol. The van der Waals surface area contributed by atoms with Crippen molar-refractivity contribution in [1.82, 2.24) is 0 Å². The van der Waals surface area contributed by atoms with Crippen molar-refractivity contribution >= 4 is 45.2 Å². The SMILES string of the molecule is FC(OC(F)=C(F)OC(F)(F)C(F)(F)I)=C(F)OC(F)(F)C(F)(F)I. The van der Waals surface area contributed by atoms with Crippen LogP contribution < -0.4 is 0 Å². The van der Waals surface area contributed by atoms with Gasteiger partial charge in [0, 0.05) is 45.2 Å². The summed E-state index contributed by atoms with van der Waals surface area (Å²) in [6.07, 6.45) is -11.4. The molecule has 0 atom stereocenters. The lowest BCUT2D eigenvalue weighted by Crippen LogP contribution is -2.37. The van der Waals surface area contributed by atoms with Crippen LogP contribution in [0.3, 0.4) is 0 Å². The molecule has 0 bridgehead atoms. The summed E-state index contributed by atoms with van der Waals surface area (Å²) in [5.41, 5.74) is 0. The molecule has 0 N–H and O–H groups in total. The van der Waals surface area contributed by atoms with Crippen LogP contribution in [0.25, 0.3) is 0 Å². The van der Waals surface area contributed by atoms with Gasteiger partial charge < -0.3 is 14.2 Å². The van der Waals surface area contributed by atoms with Gasteiger partial charge in [-0.3, -0.25) is 0 Å². The fourth-order valence-electron chi connectivity index (χ4n) is 0.580. The average Bonchev–Trinajstić information content (AvgIpc) is 2.34. The second-order valence-electron chi connectivity index (χ2n) is 3.43. The van der Waals surface area contributed by atoms with Crippen LogP contribution in [0.2, 0.25) is 0 Å². The molecule has 3 nitrogen and oxygen atoms in total. The van der Waals surface area contributed by atoms with Crippen molar-refractivity contribution in [1.29, 1.82) is 0 Å². The molecule has 0 fully saturated rings. The van der Waals surface area contributed by atoms with Gasteiger partial charge in [0.25, 0.3) is 0 Å². The predicted molar refractivity (Wildman–Crippen MR) is 69.6 cm³/mol. The zero-order valence-electron chi connectivity index (χ0n) is 10.5. The molecule has 0 rings (SSSR count). The maximum atomic E-state index is 12.7. The fraction of sp³-hybridized carbons (Fsp3) is 0.500. The summed E-state index contributed by atoms with van der Waals surface area (Å²) >= 11 is -0.490. The maximum Gasteiger partial charge on any atom is 0.476 e. The summed E-state index contributed by atoms with van der Waals surface area (Å²) < 4.78 is 148. The molecule has 0 saturated heterocycles. The van der Waals surface area contributed by atoms with Crippen molar-refractivity contribution in [3.63, 3.8) is 0 Å². The van der Waals surface area contributed by atoms with E-state index in [-0.39, 0.29) is 45.2 Å². The Kier molecular flexibility index (Phi) is 7.87. The molecule has 0 aliphatic heterocycles. The summed E-state index contributed by atoms with van der Waals surface area (Å²) in [6, 6.07) is -13.3. The monoisotopic (exact) mass is 626 g/mol. The number of hydrogen-bond donors (Lipinski definition) is 0. The molecule has 17 heteroatoms. The Morgan fingerprint density at radius 2 is 0.760 bits per heavy atom. The predicted octanol–water partition coefficient (Wildman–Crippen LogP) is 6.41. The second kappa shape index (κ2) is 8.03. The number of ether oxygens (including phenoxy) is 3. The Labute approximate surface area is 156 Å². The van der Waals surface area contributed by atoms with Crippen LogP contribution in [-0.2, 0) is 14.2 Å². The first-order valence-corrected chi connectivity index (χ1v) is 7.03. The first kappa shape index (κ1) is 24.5. The highest BCUT2D eigenvalue weighted by Crippen LogP contribution is 2.44. The van der Waals surface area contributed by atoms with Crippen molar-refractivity contribution in [2.24, 2.45) is 0 Å². The smallest absolute Gasteiger partial charge is 0.396 e. The van der Waals surface area contributed by atoms with E-state index in [4.69, 9.17) is 0 Å². The third kappa shape index (κ3) is 6.96. The van der Waals surface area contributed by atoms with E-state index in [1.165, 1.54) is 0 Å². The molecule has 0 aromatic carbocycles. The first-order valence-electron chi connectivity index (χ1n) is 4.87. The van der Waals surface area contributed by atoms with E-state index < -0.39 is 44.1 Å². The van der Waals surface area contributed by atoms with E-state index >= 15 is 0 Å². The summed E-state index contributed by atoms with van der Waals surface area (Å²) in [5.74, 6) is 0. The van der Waals surface area contributed by atoms with Crippen LogP contribution in [0, 0.1) is 0 Å².